The molecule has 0 amide bonds. The van der Waals surface area contributed by atoms with Gasteiger partial charge in [0.15, 0.2) is 0 Å². The molecule has 0 aliphatic rings. The van der Waals surface area contributed by atoms with Crippen LogP contribution in [0.1, 0.15) is 0 Å². The first-order chi connectivity index (χ1) is 3.93. The molecule has 0 aliphatic carbocycles. The Hall–Kier alpha value is -0.461. The van der Waals surface area contributed by atoms with Crippen molar-refractivity contribution in [1.29, 1.82) is 0 Å². The average Bonchev–Trinajstić information content (AvgIpc) is 1.90. The minimum Gasteiger partial charge on any atom is -0.522 e. The van der Waals surface area contributed by atoms with E-state index < -0.39 is 0 Å². The van der Waals surface area contributed by atoms with Crippen LogP contribution in [0.3, 0.4) is 0 Å². The molecule has 2 heteroatoms. The van der Waals surface area contributed by atoms with Gasteiger partial charge in [-0.25, -0.2) is 0 Å². The molecule has 0 spiro atoms. The maximum Gasteiger partial charge on any atom is 0.0743 e. The van der Waals surface area contributed by atoms with Crippen molar-refractivity contribution in [3.63, 3.8) is 0 Å². The predicted molar refractivity (Wildman–Crippen MR) is 31.8 cm³/mol. The molecule has 49 valence electrons. The average molecular weight is 162 g/mol. The largest absolute Gasteiger partial charge is 0.522 e. The molecule has 1 aromatic carbocycles. The molecule has 9 heavy (non-hydrogen) atoms. The molecule has 0 fully saturated rings. The monoisotopic (exact) mass is 162 g/mol. The second kappa shape index (κ2) is 4.42. The van der Waals surface area contributed by atoms with Gasteiger partial charge >= 0.3 is 0 Å². The van der Waals surface area contributed by atoms with Gasteiger partial charge in [-0.2, -0.15) is 18.2 Å². The van der Waals surface area contributed by atoms with Gasteiger partial charge in [0, 0.05) is 22.8 Å². The molecule has 1 aromatic rings. The third kappa shape index (κ3) is 2.54. The van der Waals surface area contributed by atoms with E-state index in [4.69, 9.17) is 4.74 Å². The molecular weight excluding hydrogens is 155 g/mol. The molecular formula is C7H7MnO-. The van der Waals surface area contributed by atoms with Gasteiger partial charge in [-0.15, -0.1) is 12.1 Å². The van der Waals surface area contributed by atoms with Crippen LogP contribution >= 0.6 is 0 Å². The Morgan fingerprint density at radius 3 is 2.22 bits per heavy atom. The van der Waals surface area contributed by atoms with Crippen molar-refractivity contribution in [1.82, 2.24) is 0 Å². The Morgan fingerprint density at radius 1 is 1.33 bits per heavy atom. The van der Waals surface area contributed by atoms with E-state index >= 15 is 0 Å². The molecule has 0 saturated carbocycles. The van der Waals surface area contributed by atoms with Gasteiger partial charge in [0.2, 0.25) is 0 Å². The van der Waals surface area contributed by atoms with Crippen molar-refractivity contribution in [3.8, 4) is 5.75 Å². The molecule has 1 radical (unpaired) electrons. The summed E-state index contributed by atoms with van der Waals surface area (Å²) in [7, 11) is 1.65. The number of benzene rings is 1. The summed E-state index contributed by atoms with van der Waals surface area (Å²) in [4.78, 5) is 0. The van der Waals surface area contributed by atoms with Gasteiger partial charge in [0.25, 0.3) is 0 Å². The van der Waals surface area contributed by atoms with Gasteiger partial charge in [-0.1, -0.05) is 0 Å². The smallest absolute Gasteiger partial charge is 0.0743 e. The van der Waals surface area contributed by atoms with Crippen molar-refractivity contribution >= 4 is 0 Å². The number of rotatable bonds is 1. The van der Waals surface area contributed by atoms with Crippen molar-refractivity contribution in [3.05, 3.63) is 30.3 Å². The quantitative estimate of drug-likeness (QED) is 0.449. The summed E-state index contributed by atoms with van der Waals surface area (Å²) in [6.45, 7) is 0. The van der Waals surface area contributed by atoms with Crippen LogP contribution in [-0.2, 0) is 17.1 Å². The molecule has 0 saturated heterocycles. The van der Waals surface area contributed by atoms with Crippen molar-refractivity contribution in [2.75, 3.05) is 7.11 Å². The standard InChI is InChI=1S/C7H7O.Mn/c1-8-7-5-3-2-4-6-7;/h3-6H,1H3;/q-1;. The van der Waals surface area contributed by atoms with E-state index in [0.29, 0.717) is 0 Å². The van der Waals surface area contributed by atoms with Crippen LogP contribution in [-0.4, -0.2) is 7.11 Å². The molecule has 0 N–H and O–H groups in total. The first-order valence-corrected chi connectivity index (χ1v) is 2.43. The predicted octanol–water partition coefficient (Wildman–Crippen LogP) is 1.49. The van der Waals surface area contributed by atoms with Crippen molar-refractivity contribution in [2.24, 2.45) is 0 Å². The molecule has 0 unspecified atom stereocenters. The summed E-state index contributed by atoms with van der Waals surface area (Å²) >= 11 is 0. The Bertz CT molecular complexity index is 150. The number of hydrogen-bond acceptors (Lipinski definition) is 1. The van der Waals surface area contributed by atoms with Crippen LogP contribution in [0.2, 0.25) is 0 Å². The second-order valence-corrected chi connectivity index (χ2v) is 1.44. The first kappa shape index (κ1) is 8.54. The third-order valence-corrected chi connectivity index (χ3v) is 0.923. The summed E-state index contributed by atoms with van der Waals surface area (Å²) in [6, 6.07) is 10.2. The van der Waals surface area contributed by atoms with Crippen molar-refractivity contribution in [2.45, 2.75) is 0 Å². The van der Waals surface area contributed by atoms with E-state index in [1.807, 2.05) is 24.3 Å². The fraction of sp³-hybridized carbons (Fsp3) is 0.143. The van der Waals surface area contributed by atoms with E-state index in [2.05, 4.69) is 6.07 Å². The zero-order valence-electron chi connectivity index (χ0n) is 5.10. The molecule has 0 bridgehead atoms. The van der Waals surface area contributed by atoms with Crippen LogP contribution in [0, 0.1) is 6.07 Å². The Labute approximate surface area is 65.5 Å². The minimum atomic E-state index is 0. The van der Waals surface area contributed by atoms with Gasteiger partial charge in [0.05, 0.1) is 7.11 Å². The Morgan fingerprint density at radius 2 is 1.89 bits per heavy atom. The SMILES string of the molecule is COc1cc[c-]cc1.[Mn]. The fourth-order valence-electron chi connectivity index (χ4n) is 0.508. The van der Waals surface area contributed by atoms with E-state index in [1.165, 1.54) is 0 Å². The summed E-state index contributed by atoms with van der Waals surface area (Å²) < 4.78 is 4.89. The van der Waals surface area contributed by atoms with E-state index in [0.717, 1.165) is 5.75 Å². The Kier molecular flexibility index (Phi) is 4.20. The van der Waals surface area contributed by atoms with Gasteiger partial charge < -0.3 is 4.74 Å². The fourth-order valence-corrected chi connectivity index (χ4v) is 0.508. The summed E-state index contributed by atoms with van der Waals surface area (Å²) in [6.07, 6.45) is 0. The van der Waals surface area contributed by atoms with Crippen LogP contribution in [0.25, 0.3) is 0 Å². The van der Waals surface area contributed by atoms with Gasteiger partial charge in [-0.05, 0) is 0 Å². The van der Waals surface area contributed by atoms with Crippen LogP contribution in [0.5, 0.6) is 5.75 Å². The first-order valence-electron chi connectivity index (χ1n) is 2.43. The summed E-state index contributed by atoms with van der Waals surface area (Å²) in [5, 5.41) is 0. The van der Waals surface area contributed by atoms with Crippen LogP contribution < -0.4 is 4.74 Å². The molecule has 1 nitrogen and oxygen atoms in total. The van der Waals surface area contributed by atoms with Crippen LogP contribution in [0.15, 0.2) is 24.3 Å². The number of ether oxygens (including phenoxy) is 1. The zero-order chi connectivity index (χ0) is 5.82. The van der Waals surface area contributed by atoms with E-state index in [9.17, 15) is 0 Å². The van der Waals surface area contributed by atoms with Crippen molar-refractivity contribution < 1.29 is 21.8 Å². The molecule has 0 aliphatic heterocycles. The number of hydrogen-bond donors (Lipinski definition) is 0. The minimum absolute atomic E-state index is 0. The Balaban J connectivity index is 0.000000640. The summed E-state index contributed by atoms with van der Waals surface area (Å²) in [5.74, 6) is 0.878. The maximum atomic E-state index is 4.89. The zero-order valence-corrected chi connectivity index (χ0v) is 6.28. The third-order valence-electron chi connectivity index (χ3n) is 0.923. The number of methoxy groups -OCH3 is 1. The normalized spacial score (nSPS) is 7.67. The molecule has 1 rings (SSSR count). The molecule has 0 heterocycles. The van der Waals surface area contributed by atoms with E-state index in [-0.39, 0.29) is 17.1 Å². The molecule has 0 aromatic heterocycles. The topological polar surface area (TPSA) is 9.23 Å². The van der Waals surface area contributed by atoms with Crippen LogP contribution in [0.4, 0.5) is 0 Å². The van der Waals surface area contributed by atoms with Gasteiger partial charge in [0.1, 0.15) is 0 Å². The second-order valence-electron chi connectivity index (χ2n) is 1.44. The summed E-state index contributed by atoms with van der Waals surface area (Å²) in [5.41, 5.74) is 0. The molecule has 0 atom stereocenters. The van der Waals surface area contributed by atoms with Gasteiger partial charge in [-0.3, -0.25) is 0 Å². The maximum absolute atomic E-state index is 4.89. The van der Waals surface area contributed by atoms with E-state index in [1.54, 1.807) is 7.11 Å².